The van der Waals surface area contributed by atoms with Crippen molar-refractivity contribution >= 4 is 35.4 Å². The third kappa shape index (κ3) is 4.18. The quantitative estimate of drug-likeness (QED) is 0.711. The van der Waals surface area contributed by atoms with Crippen LogP contribution >= 0.6 is 11.6 Å². The number of nitrogens with zero attached hydrogens (tertiary/aromatic N) is 1. The number of anilines is 1. The van der Waals surface area contributed by atoms with E-state index in [1.165, 1.54) is 30.1 Å². The van der Waals surface area contributed by atoms with Crippen molar-refractivity contribution in [3.8, 4) is 0 Å². The molecule has 168 valence electrons. The fourth-order valence-corrected chi connectivity index (χ4v) is 4.00. The molecule has 32 heavy (non-hydrogen) atoms. The monoisotopic (exact) mass is 465 g/mol. The Balaban J connectivity index is 1.54. The van der Waals surface area contributed by atoms with Crippen molar-refractivity contribution in [1.82, 2.24) is 10.2 Å². The second-order valence-electron chi connectivity index (χ2n) is 7.34. The van der Waals surface area contributed by atoms with E-state index in [1.54, 1.807) is 0 Å². The minimum Gasteiger partial charge on any atom is -0.407 e. The highest BCUT2D eigenvalue weighted by atomic mass is 35.5. The van der Waals surface area contributed by atoms with Gasteiger partial charge in [-0.05, 0) is 48.7 Å². The van der Waals surface area contributed by atoms with Gasteiger partial charge in [0.15, 0.2) is 0 Å². The van der Waals surface area contributed by atoms with E-state index in [0.717, 1.165) is 12.1 Å². The number of cyclic esters (lactones) is 1. The molecule has 1 aliphatic heterocycles. The summed E-state index contributed by atoms with van der Waals surface area (Å²) in [4.78, 5) is 37.6. The van der Waals surface area contributed by atoms with Crippen molar-refractivity contribution in [3.05, 3.63) is 63.7 Å². The van der Waals surface area contributed by atoms with Gasteiger partial charge in [0.1, 0.15) is 11.6 Å². The summed E-state index contributed by atoms with van der Waals surface area (Å²) in [5, 5.41) is 4.84. The number of amides is 3. The summed E-state index contributed by atoms with van der Waals surface area (Å²) < 4.78 is 38.0. The van der Waals surface area contributed by atoms with Crippen molar-refractivity contribution in [2.24, 2.45) is 0 Å². The highest BCUT2D eigenvalue weighted by Crippen LogP contribution is 2.39. The number of rotatable bonds is 4. The van der Waals surface area contributed by atoms with E-state index in [2.05, 4.69) is 10.6 Å². The molecule has 3 amide bonds. The predicted octanol–water partition coefficient (Wildman–Crippen LogP) is 3.99. The fraction of sp³-hybridized carbons (Fsp3) is 0.286. The van der Waals surface area contributed by atoms with E-state index in [-0.39, 0.29) is 28.4 Å². The van der Waals surface area contributed by atoms with E-state index >= 15 is 0 Å². The molecule has 0 aromatic heterocycles. The van der Waals surface area contributed by atoms with E-state index in [4.69, 9.17) is 21.1 Å². The second kappa shape index (κ2) is 8.62. The molecule has 1 saturated heterocycles. The first kappa shape index (κ1) is 21.8. The first-order valence-electron chi connectivity index (χ1n) is 9.70. The van der Waals surface area contributed by atoms with Crippen molar-refractivity contribution < 1.29 is 32.6 Å². The molecular formula is C21H18ClF2N3O5. The van der Waals surface area contributed by atoms with Crippen molar-refractivity contribution in [2.45, 2.75) is 25.2 Å². The normalized spacial score (nSPS) is 19.1. The highest BCUT2D eigenvalue weighted by molar-refractivity contribution is 6.31. The molecule has 2 aromatic carbocycles. The maximum Gasteiger partial charge on any atom is 0.413 e. The molecule has 4 rings (SSSR count). The first-order valence-corrected chi connectivity index (χ1v) is 10.1. The van der Waals surface area contributed by atoms with Gasteiger partial charge in [-0.1, -0.05) is 11.6 Å². The van der Waals surface area contributed by atoms with Crippen LogP contribution in [0.4, 0.5) is 24.1 Å². The minimum atomic E-state index is -1.07. The van der Waals surface area contributed by atoms with Gasteiger partial charge in [-0.15, -0.1) is 0 Å². The third-order valence-electron chi connectivity index (χ3n) is 5.37. The van der Waals surface area contributed by atoms with Crippen LogP contribution in [0.3, 0.4) is 0 Å². The number of nitrogens with one attached hydrogen (secondary N) is 2. The number of halogens is 3. The summed E-state index contributed by atoms with van der Waals surface area (Å²) in [6.07, 6.45) is -1.83. The molecule has 1 unspecified atom stereocenters. The highest BCUT2D eigenvalue weighted by Gasteiger charge is 2.36. The Morgan fingerprint density at radius 3 is 2.69 bits per heavy atom. The lowest BCUT2D eigenvalue weighted by Gasteiger charge is -2.26. The van der Waals surface area contributed by atoms with Gasteiger partial charge in [0.25, 0.3) is 12.2 Å². The molecule has 0 spiro atoms. The molecule has 0 saturated carbocycles. The molecule has 11 heteroatoms. The van der Waals surface area contributed by atoms with E-state index in [0.29, 0.717) is 18.4 Å². The Labute approximate surface area is 186 Å². The van der Waals surface area contributed by atoms with Gasteiger partial charge in [0.2, 0.25) is 0 Å². The van der Waals surface area contributed by atoms with Crippen molar-refractivity contribution in [3.63, 3.8) is 0 Å². The van der Waals surface area contributed by atoms with Gasteiger partial charge in [-0.25, -0.2) is 18.4 Å². The number of ether oxygens (including phenoxy) is 2. The zero-order chi connectivity index (χ0) is 23.0. The largest absolute Gasteiger partial charge is 0.413 e. The summed E-state index contributed by atoms with van der Waals surface area (Å²) >= 11 is 5.75. The molecule has 2 aliphatic rings. The van der Waals surface area contributed by atoms with Crippen LogP contribution in [0.5, 0.6) is 0 Å². The van der Waals surface area contributed by atoms with Crippen molar-refractivity contribution in [1.29, 1.82) is 0 Å². The summed E-state index contributed by atoms with van der Waals surface area (Å²) in [5.41, 5.74) is 1.21. The zero-order valence-corrected chi connectivity index (χ0v) is 17.5. The SMILES string of the molecule is CN(C(=O)OC1CNC(=O)O1)[C@H]1CCc2c(C(=O)Nc3ccc(F)c(Cl)c3)ccc(F)c21. The van der Waals surface area contributed by atoms with Gasteiger partial charge in [-0.2, -0.15) is 0 Å². The van der Waals surface area contributed by atoms with Crippen LogP contribution in [-0.2, 0) is 15.9 Å². The second-order valence-corrected chi connectivity index (χ2v) is 7.74. The Bertz CT molecular complexity index is 1110. The van der Waals surface area contributed by atoms with Crippen LogP contribution in [0.1, 0.15) is 33.9 Å². The third-order valence-corrected chi connectivity index (χ3v) is 5.66. The van der Waals surface area contributed by atoms with Crippen molar-refractivity contribution in [2.75, 3.05) is 18.9 Å². The minimum absolute atomic E-state index is 0.0196. The lowest BCUT2D eigenvalue weighted by Crippen LogP contribution is -2.35. The molecule has 1 aliphatic carbocycles. The number of alkyl carbamates (subject to hydrolysis) is 1. The summed E-state index contributed by atoms with van der Waals surface area (Å²) in [5.74, 6) is -1.69. The molecule has 0 radical (unpaired) electrons. The number of benzene rings is 2. The maximum atomic E-state index is 14.7. The number of carbonyl (C=O) groups excluding carboxylic acids is 3. The Kier molecular flexibility index (Phi) is 5.88. The lowest BCUT2D eigenvalue weighted by molar-refractivity contribution is -0.0442. The molecular weight excluding hydrogens is 448 g/mol. The Morgan fingerprint density at radius 2 is 2.00 bits per heavy atom. The Morgan fingerprint density at radius 1 is 1.25 bits per heavy atom. The standard InChI is InChI=1S/C21H18ClF2N3O5/c1-27(21(30)32-17-9-25-20(29)31-17)16-7-4-11-12(3-6-15(24)18(11)16)19(28)26-10-2-5-14(23)13(22)8-10/h2-3,5-6,8,16-17H,4,7,9H2,1H3,(H,25,29)(H,26,28)/t16-,17?/m0/s1. The summed E-state index contributed by atoms with van der Waals surface area (Å²) in [7, 11) is 1.44. The average Bonchev–Trinajstić information content (AvgIpc) is 3.37. The number of carbonyl (C=O) groups is 3. The molecule has 1 heterocycles. The molecule has 2 aromatic rings. The van der Waals surface area contributed by atoms with Crippen LogP contribution < -0.4 is 10.6 Å². The molecule has 0 bridgehead atoms. The van der Waals surface area contributed by atoms with E-state index < -0.39 is 42.1 Å². The molecule has 1 fully saturated rings. The summed E-state index contributed by atoms with van der Waals surface area (Å²) in [6.45, 7) is 0.0196. The Hall–Kier alpha value is -3.40. The molecule has 2 N–H and O–H groups in total. The van der Waals surface area contributed by atoms with Crippen LogP contribution in [0.2, 0.25) is 5.02 Å². The van der Waals surface area contributed by atoms with Gasteiger partial charge in [0.05, 0.1) is 17.6 Å². The predicted molar refractivity (Wildman–Crippen MR) is 109 cm³/mol. The number of fused-ring (bicyclic) bond motifs is 1. The van der Waals surface area contributed by atoms with E-state index in [9.17, 15) is 23.2 Å². The average molecular weight is 466 g/mol. The smallest absolute Gasteiger partial charge is 0.407 e. The fourth-order valence-electron chi connectivity index (χ4n) is 3.82. The molecule has 2 atom stereocenters. The topological polar surface area (TPSA) is 97.0 Å². The lowest BCUT2D eigenvalue weighted by atomic mass is 10.0. The van der Waals surface area contributed by atoms with Crippen LogP contribution in [0.15, 0.2) is 30.3 Å². The van der Waals surface area contributed by atoms with Gasteiger partial charge >= 0.3 is 12.2 Å². The first-order chi connectivity index (χ1) is 15.2. The van der Waals surface area contributed by atoms with Crippen LogP contribution in [0, 0.1) is 11.6 Å². The van der Waals surface area contributed by atoms with Crippen LogP contribution in [-0.4, -0.2) is 42.9 Å². The van der Waals surface area contributed by atoms with Crippen LogP contribution in [0.25, 0.3) is 0 Å². The number of hydrogen-bond donors (Lipinski definition) is 2. The van der Waals surface area contributed by atoms with Gasteiger partial charge in [-0.3, -0.25) is 4.79 Å². The van der Waals surface area contributed by atoms with Gasteiger partial charge < -0.3 is 25.0 Å². The van der Waals surface area contributed by atoms with E-state index in [1.807, 2.05) is 0 Å². The summed E-state index contributed by atoms with van der Waals surface area (Å²) in [6, 6.07) is 5.61. The molecule has 8 nitrogen and oxygen atoms in total. The van der Waals surface area contributed by atoms with Gasteiger partial charge in [0, 0.05) is 23.9 Å². The maximum absolute atomic E-state index is 14.7. The zero-order valence-electron chi connectivity index (χ0n) is 16.8. The number of hydrogen-bond acceptors (Lipinski definition) is 5.